The molecule has 2 rings (SSSR count). The van der Waals surface area contributed by atoms with Crippen molar-refractivity contribution in [1.29, 1.82) is 0 Å². The maximum absolute atomic E-state index is 12.2. The second-order valence-corrected chi connectivity index (χ2v) is 5.21. The van der Waals surface area contributed by atoms with Crippen LogP contribution in [0.1, 0.15) is 18.4 Å². The van der Waals surface area contributed by atoms with Crippen LogP contribution in [0.2, 0.25) is 0 Å². The SMILES string of the molecule is COC[C@@H]1CCCN(C(=O)Nc2ccc(C)cc2)C1. The summed E-state index contributed by atoms with van der Waals surface area (Å²) in [4.78, 5) is 14.1. The molecule has 0 bridgehead atoms. The Morgan fingerprint density at radius 1 is 1.42 bits per heavy atom. The Labute approximate surface area is 114 Å². The third-order valence-corrected chi connectivity index (χ3v) is 3.51. The molecule has 4 heteroatoms. The predicted octanol–water partition coefficient (Wildman–Crippen LogP) is 2.89. The lowest BCUT2D eigenvalue weighted by Crippen LogP contribution is -2.43. The van der Waals surface area contributed by atoms with E-state index in [-0.39, 0.29) is 6.03 Å². The second kappa shape index (κ2) is 6.57. The number of carbonyl (C=O) groups is 1. The number of hydrogen-bond donors (Lipinski definition) is 1. The van der Waals surface area contributed by atoms with Gasteiger partial charge in [-0.05, 0) is 31.9 Å². The molecular formula is C15H22N2O2. The summed E-state index contributed by atoms with van der Waals surface area (Å²) in [6.45, 7) is 4.38. The zero-order chi connectivity index (χ0) is 13.7. The van der Waals surface area contributed by atoms with Gasteiger partial charge in [0.15, 0.2) is 0 Å². The first-order chi connectivity index (χ1) is 9.19. The zero-order valence-corrected chi connectivity index (χ0v) is 11.7. The Balaban J connectivity index is 1.90. The van der Waals surface area contributed by atoms with Crippen LogP contribution >= 0.6 is 0 Å². The molecule has 0 spiro atoms. The summed E-state index contributed by atoms with van der Waals surface area (Å²) < 4.78 is 5.18. The first-order valence-electron chi connectivity index (χ1n) is 6.80. The van der Waals surface area contributed by atoms with E-state index in [0.29, 0.717) is 5.92 Å². The van der Waals surface area contributed by atoms with Crippen molar-refractivity contribution in [3.63, 3.8) is 0 Å². The van der Waals surface area contributed by atoms with Gasteiger partial charge in [0.2, 0.25) is 0 Å². The number of hydrogen-bond acceptors (Lipinski definition) is 2. The molecule has 1 N–H and O–H groups in total. The number of rotatable bonds is 3. The van der Waals surface area contributed by atoms with Gasteiger partial charge in [-0.15, -0.1) is 0 Å². The summed E-state index contributed by atoms with van der Waals surface area (Å²) in [6, 6.07) is 7.86. The van der Waals surface area contributed by atoms with Gasteiger partial charge >= 0.3 is 6.03 Å². The van der Waals surface area contributed by atoms with Crippen LogP contribution < -0.4 is 5.32 Å². The topological polar surface area (TPSA) is 41.6 Å². The number of nitrogens with one attached hydrogen (secondary N) is 1. The number of likely N-dealkylation sites (tertiary alicyclic amines) is 1. The Morgan fingerprint density at radius 3 is 2.84 bits per heavy atom. The maximum Gasteiger partial charge on any atom is 0.321 e. The number of piperidine rings is 1. The number of anilines is 1. The number of benzene rings is 1. The minimum atomic E-state index is -0.00958. The molecule has 0 aliphatic carbocycles. The monoisotopic (exact) mass is 262 g/mol. The van der Waals surface area contributed by atoms with Gasteiger partial charge in [-0.2, -0.15) is 0 Å². The second-order valence-electron chi connectivity index (χ2n) is 5.21. The van der Waals surface area contributed by atoms with Gasteiger partial charge in [-0.3, -0.25) is 0 Å². The van der Waals surface area contributed by atoms with Crippen LogP contribution in [0.3, 0.4) is 0 Å². The highest BCUT2D eigenvalue weighted by molar-refractivity contribution is 5.89. The van der Waals surface area contributed by atoms with E-state index in [4.69, 9.17) is 4.74 Å². The molecule has 1 fully saturated rings. The van der Waals surface area contributed by atoms with Gasteiger partial charge in [-0.25, -0.2) is 4.79 Å². The maximum atomic E-state index is 12.2. The van der Waals surface area contributed by atoms with Crippen molar-refractivity contribution >= 4 is 11.7 Å². The molecule has 0 aromatic heterocycles. The molecule has 1 heterocycles. The van der Waals surface area contributed by atoms with Gasteiger partial charge in [0, 0.05) is 31.8 Å². The molecule has 2 amide bonds. The zero-order valence-electron chi connectivity index (χ0n) is 11.7. The normalized spacial score (nSPS) is 19.3. The van der Waals surface area contributed by atoms with E-state index in [0.717, 1.165) is 38.2 Å². The summed E-state index contributed by atoms with van der Waals surface area (Å²) in [5.41, 5.74) is 2.04. The van der Waals surface area contributed by atoms with E-state index < -0.39 is 0 Å². The fourth-order valence-electron chi connectivity index (χ4n) is 2.46. The quantitative estimate of drug-likeness (QED) is 0.910. The first-order valence-corrected chi connectivity index (χ1v) is 6.80. The van der Waals surface area contributed by atoms with Crippen LogP contribution in [0, 0.1) is 12.8 Å². The Bertz CT molecular complexity index is 415. The standard InChI is InChI=1S/C15H22N2O2/c1-12-5-7-14(8-6-12)16-15(18)17-9-3-4-13(10-17)11-19-2/h5-8,13H,3-4,9-11H2,1-2H3,(H,16,18)/t13-/m1/s1. The van der Waals surface area contributed by atoms with Crippen molar-refractivity contribution in [3.8, 4) is 0 Å². The van der Waals surface area contributed by atoms with Gasteiger partial charge in [-0.1, -0.05) is 17.7 Å². The van der Waals surface area contributed by atoms with Crippen LogP contribution in [-0.2, 0) is 4.74 Å². The number of aryl methyl sites for hydroxylation is 1. The van der Waals surface area contributed by atoms with Crippen molar-refractivity contribution < 1.29 is 9.53 Å². The lowest BCUT2D eigenvalue weighted by atomic mass is 9.99. The minimum Gasteiger partial charge on any atom is -0.384 e. The van der Waals surface area contributed by atoms with E-state index in [1.54, 1.807) is 7.11 Å². The van der Waals surface area contributed by atoms with Gasteiger partial charge in [0.1, 0.15) is 0 Å². The van der Waals surface area contributed by atoms with E-state index in [2.05, 4.69) is 5.32 Å². The molecule has 1 aromatic carbocycles. The van der Waals surface area contributed by atoms with E-state index >= 15 is 0 Å². The Morgan fingerprint density at radius 2 is 2.16 bits per heavy atom. The summed E-state index contributed by atoms with van der Waals surface area (Å²) in [5.74, 6) is 0.461. The van der Waals surface area contributed by atoms with Crippen molar-refractivity contribution in [1.82, 2.24) is 4.90 Å². The average molecular weight is 262 g/mol. The van der Waals surface area contributed by atoms with Crippen molar-refractivity contribution in [3.05, 3.63) is 29.8 Å². The number of carbonyl (C=O) groups excluding carboxylic acids is 1. The van der Waals surface area contributed by atoms with Gasteiger partial charge in [0.05, 0.1) is 6.61 Å². The number of ether oxygens (including phenoxy) is 1. The fourth-order valence-corrected chi connectivity index (χ4v) is 2.46. The molecule has 0 unspecified atom stereocenters. The summed E-state index contributed by atoms with van der Waals surface area (Å²) in [7, 11) is 1.71. The van der Waals surface area contributed by atoms with Crippen molar-refractivity contribution in [2.24, 2.45) is 5.92 Å². The lowest BCUT2D eigenvalue weighted by Gasteiger charge is -2.32. The third kappa shape index (κ3) is 3.96. The van der Waals surface area contributed by atoms with Crippen LogP contribution in [0.4, 0.5) is 10.5 Å². The summed E-state index contributed by atoms with van der Waals surface area (Å²) in [5, 5.41) is 2.95. The highest BCUT2D eigenvalue weighted by Gasteiger charge is 2.23. The molecule has 1 aromatic rings. The average Bonchev–Trinajstić information content (AvgIpc) is 2.42. The largest absolute Gasteiger partial charge is 0.384 e. The molecule has 0 saturated carbocycles. The Hall–Kier alpha value is -1.55. The molecule has 1 atom stereocenters. The molecule has 104 valence electrons. The van der Waals surface area contributed by atoms with Crippen LogP contribution in [0.15, 0.2) is 24.3 Å². The molecule has 0 radical (unpaired) electrons. The molecular weight excluding hydrogens is 240 g/mol. The van der Waals surface area contributed by atoms with Crippen LogP contribution in [0.5, 0.6) is 0 Å². The lowest BCUT2D eigenvalue weighted by molar-refractivity contribution is 0.104. The molecule has 1 aliphatic heterocycles. The van der Waals surface area contributed by atoms with Crippen LogP contribution in [-0.4, -0.2) is 37.7 Å². The van der Waals surface area contributed by atoms with Gasteiger partial charge < -0.3 is 15.0 Å². The number of amides is 2. The van der Waals surface area contributed by atoms with Crippen molar-refractivity contribution in [2.45, 2.75) is 19.8 Å². The fraction of sp³-hybridized carbons (Fsp3) is 0.533. The molecule has 1 saturated heterocycles. The van der Waals surface area contributed by atoms with Gasteiger partial charge in [0.25, 0.3) is 0 Å². The third-order valence-electron chi connectivity index (χ3n) is 3.51. The highest BCUT2D eigenvalue weighted by Crippen LogP contribution is 2.18. The molecule has 4 nitrogen and oxygen atoms in total. The predicted molar refractivity (Wildman–Crippen MR) is 76.4 cm³/mol. The van der Waals surface area contributed by atoms with E-state index in [1.165, 1.54) is 5.56 Å². The summed E-state index contributed by atoms with van der Waals surface area (Å²) in [6.07, 6.45) is 2.19. The smallest absolute Gasteiger partial charge is 0.321 e. The Kier molecular flexibility index (Phi) is 4.80. The minimum absolute atomic E-state index is 0.00958. The molecule has 1 aliphatic rings. The number of nitrogens with zero attached hydrogens (tertiary/aromatic N) is 1. The number of urea groups is 1. The highest BCUT2D eigenvalue weighted by atomic mass is 16.5. The van der Waals surface area contributed by atoms with E-state index in [9.17, 15) is 4.79 Å². The van der Waals surface area contributed by atoms with E-state index in [1.807, 2.05) is 36.1 Å². The number of methoxy groups -OCH3 is 1. The summed E-state index contributed by atoms with van der Waals surface area (Å²) >= 11 is 0. The molecule has 19 heavy (non-hydrogen) atoms. The first kappa shape index (κ1) is 13.9. The van der Waals surface area contributed by atoms with Crippen LogP contribution in [0.25, 0.3) is 0 Å². The van der Waals surface area contributed by atoms with Crippen molar-refractivity contribution in [2.75, 3.05) is 32.1 Å².